The lowest BCUT2D eigenvalue weighted by Gasteiger charge is -2.28. The quantitative estimate of drug-likeness (QED) is 0.105. The Balaban J connectivity index is 1.63. The number of ether oxygens (including phenoxy) is 4. The molecule has 0 aromatic carbocycles. The number of nitrogens with two attached hydrogens (primary N) is 1. The molecule has 2 unspecified atom stereocenters. The number of hydrogen-bond donors (Lipinski definition) is 3. The Morgan fingerprint density at radius 1 is 1.21 bits per heavy atom. The number of aliphatic hydroxyl groups is 1. The molecule has 2 fully saturated rings. The van der Waals surface area contributed by atoms with Crippen LogP contribution in [0.5, 0.6) is 0 Å². The maximum absolute atomic E-state index is 16.3. The van der Waals surface area contributed by atoms with Crippen LogP contribution >= 0.6 is 19.3 Å². The number of nitrogens with one attached hydrogen (secondary N) is 1. The van der Waals surface area contributed by atoms with Gasteiger partial charge in [0, 0.05) is 14.1 Å². The maximum Gasteiger partial charge on any atom is 0.510 e. The van der Waals surface area contributed by atoms with Crippen LogP contribution in [0.1, 0.15) is 54.2 Å². The molecule has 47 heavy (non-hydrogen) atoms. The van der Waals surface area contributed by atoms with Crippen LogP contribution in [-0.2, 0) is 37.4 Å². The standard InChI is InChI=1S/C27H42ClFN7O10P/c1-13(2)9-16(22(37)43-14(3)4)34-47(40,42-12-41-25(38)44-15(5)6)46-23-26(10-28)27(23,39)18(29)21(45-26)36-11-31-17-19(35(7)8)32-24(30)33-20(17)36/h11,13-16,18,21,23,39H,9-10,12H2,1-8H3,(H,34,40)(H2,30,32,33)/t16-,18-,21+,23?,26+,27+,47?/m0/s1. The third kappa shape index (κ3) is 7.28. The second-order valence-electron chi connectivity index (χ2n) is 12.5. The maximum atomic E-state index is 16.3. The molecular weight excluding hydrogens is 668 g/mol. The number of aromatic nitrogens is 4. The molecule has 3 heterocycles. The van der Waals surface area contributed by atoms with E-state index in [1.807, 2.05) is 13.8 Å². The number of esters is 1. The minimum atomic E-state index is -4.75. The average molecular weight is 710 g/mol. The number of carbonyl (C=O) groups is 2. The van der Waals surface area contributed by atoms with Crippen LogP contribution in [0.15, 0.2) is 6.33 Å². The molecule has 20 heteroatoms. The number of alkyl halides is 2. The Labute approximate surface area is 276 Å². The Kier molecular flexibility index (Phi) is 11.0. The molecule has 264 valence electrons. The van der Waals surface area contributed by atoms with Crippen molar-refractivity contribution in [2.45, 2.75) is 95.9 Å². The minimum absolute atomic E-state index is 0.105. The van der Waals surface area contributed by atoms with Gasteiger partial charge in [0.25, 0.3) is 0 Å². The minimum Gasteiger partial charge on any atom is -0.462 e. The number of anilines is 2. The van der Waals surface area contributed by atoms with Gasteiger partial charge in [0.2, 0.25) is 12.7 Å². The van der Waals surface area contributed by atoms with E-state index in [1.165, 1.54) is 10.9 Å². The molecule has 1 aliphatic carbocycles. The van der Waals surface area contributed by atoms with Crippen molar-refractivity contribution in [1.82, 2.24) is 24.6 Å². The molecule has 1 aliphatic heterocycles. The highest BCUT2D eigenvalue weighted by Gasteiger charge is 2.90. The zero-order valence-corrected chi connectivity index (χ0v) is 29.0. The van der Waals surface area contributed by atoms with Gasteiger partial charge < -0.3 is 34.7 Å². The fraction of sp³-hybridized carbons (Fsp3) is 0.741. The van der Waals surface area contributed by atoms with Crippen LogP contribution in [0.25, 0.3) is 11.2 Å². The SMILES string of the molecule is CC(C)C[C@H](NP(=O)(OCOC(=O)OC(C)C)OC1[C@@]2(CCl)O[C@@H](n3cnc4c(N(C)C)nc(N)nc43)[C@H](F)[C@@]12O)C(=O)OC(C)C. The number of fused-ring (bicyclic) bond motifs is 2. The lowest BCUT2D eigenvalue weighted by atomic mass is 10.0. The highest BCUT2D eigenvalue weighted by atomic mass is 35.5. The van der Waals surface area contributed by atoms with Crippen LogP contribution < -0.4 is 15.7 Å². The number of hydrogen-bond acceptors (Lipinski definition) is 15. The number of imidazole rings is 1. The third-order valence-corrected chi connectivity index (χ3v) is 9.33. The second kappa shape index (κ2) is 13.9. The van der Waals surface area contributed by atoms with Crippen molar-refractivity contribution in [3.63, 3.8) is 0 Å². The van der Waals surface area contributed by atoms with Crippen LogP contribution in [0.2, 0.25) is 0 Å². The van der Waals surface area contributed by atoms with Gasteiger partial charge >= 0.3 is 19.9 Å². The molecule has 7 atom stereocenters. The summed E-state index contributed by atoms with van der Waals surface area (Å²) in [5.41, 5.74) is 1.91. The molecular formula is C27H42ClFN7O10P. The largest absolute Gasteiger partial charge is 0.510 e. The molecule has 2 aromatic heterocycles. The molecule has 0 radical (unpaired) electrons. The summed E-state index contributed by atoms with van der Waals surface area (Å²) in [6, 6.07) is -1.24. The highest BCUT2D eigenvalue weighted by molar-refractivity contribution is 7.51. The fourth-order valence-electron chi connectivity index (χ4n) is 5.28. The van der Waals surface area contributed by atoms with E-state index >= 15 is 4.39 Å². The van der Waals surface area contributed by atoms with E-state index in [9.17, 15) is 19.3 Å². The van der Waals surface area contributed by atoms with Gasteiger partial charge in [-0.3, -0.25) is 18.4 Å². The number of rotatable bonds is 15. The molecule has 0 spiro atoms. The summed E-state index contributed by atoms with van der Waals surface area (Å²) in [7, 11) is -1.31. The normalized spacial score (nSPS) is 27.1. The van der Waals surface area contributed by atoms with Crippen LogP contribution in [-0.4, -0.2) is 105 Å². The van der Waals surface area contributed by atoms with Crippen molar-refractivity contribution in [2.75, 3.05) is 37.4 Å². The Hall–Kier alpha value is -2.86. The van der Waals surface area contributed by atoms with Crippen molar-refractivity contribution < 1.29 is 51.6 Å². The van der Waals surface area contributed by atoms with Crippen molar-refractivity contribution in [1.29, 1.82) is 0 Å². The zero-order valence-electron chi connectivity index (χ0n) is 27.4. The van der Waals surface area contributed by atoms with E-state index in [-0.39, 0.29) is 23.9 Å². The van der Waals surface area contributed by atoms with E-state index in [4.69, 9.17) is 45.3 Å². The average Bonchev–Trinajstić information content (AvgIpc) is 3.18. The molecule has 1 saturated carbocycles. The topological polar surface area (TPSA) is 212 Å². The van der Waals surface area contributed by atoms with Crippen molar-refractivity contribution >= 4 is 54.4 Å². The van der Waals surface area contributed by atoms with E-state index in [0.717, 1.165) is 0 Å². The summed E-state index contributed by atoms with van der Waals surface area (Å²) in [6.07, 6.45) is -6.20. The van der Waals surface area contributed by atoms with Crippen LogP contribution in [0.4, 0.5) is 21.0 Å². The van der Waals surface area contributed by atoms with Gasteiger partial charge in [0.1, 0.15) is 17.7 Å². The Morgan fingerprint density at radius 3 is 2.43 bits per heavy atom. The predicted octanol–water partition coefficient (Wildman–Crippen LogP) is 3.05. The van der Waals surface area contributed by atoms with E-state index in [2.05, 4.69) is 20.0 Å². The Bertz CT molecular complexity index is 1510. The van der Waals surface area contributed by atoms with Crippen molar-refractivity contribution in [3.8, 4) is 0 Å². The fourth-order valence-corrected chi connectivity index (χ4v) is 7.29. The third-order valence-electron chi connectivity index (χ3n) is 7.37. The molecule has 0 amide bonds. The number of nitrogen functional groups attached to an aromatic ring is 1. The lowest BCUT2D eigenvalue weighted by molar-refractivity contribution is -0.150. The highest BCUT2D eigenvalue weighted by Crippen LogP contribution is 2.69. The molecule has 2 aliphatic rings. The smallest absolute Gasteiger partial charge is 0.462 e. The summed E-state index contributed by atoms with van der Waals surface area (Å²) in [6.45, 7) is 9.11. The van der Waals surface area contributed by atoms with E-state index in [1.54, 1.807) is 46.7 Å². The molecule has 4 rings (SSSR count). The van der Waals surface area contributed by atoms with Crippen LogP contribution in [0, 0.1) is 5.92 Å². The molecule has 17 nitrogen and oxygen atoms in total. The van der Waals surface area contributed by atoms with Gasteiger partial charge in [-0.2, -0.15) is 9.97 Å². The van der Waals surface area contributed by atoms with Gasteiger partial charge in [-0.15, -0.1) is 11.6 Å². The van der Waals surface area contributed by atoms with Crippen molar-refractivity contribution in [2.24, 2.45) is 5.92 Å². The first-order valence-corrected chi connectivity index (χ1v) is 17.0. The molecule has 0 bridgehead atoms. The van der Waals surface area contributed by atoms with Gasteiger partial charge in [-0.05, 0) is 40.0 Å². The van der Waals surface area contributed by atoms with Gasteiger partial charge in [0.05, 0.1) is 24.4 Å². The van der Waals surface area contributed by atoms with E-state index in [0.29, 0.717) is 11.3 Å². The van der Waals surface area contributed by atoms with Crippen LogP contribution in [0.3, 0.4) is 0 Å². The molecule has 4 N–H and O–H groups in total. The van der Waals surface area contributed by atoms with Gasteiger partial charge in [-0.25, -0.2) is 23.8 Å². The van der Waals surface area contributed by atoms with Gasteiger partial charge in [0.15, 0.2) is 35.0 Å². The number of halogens is 2. The molecule has 1 saturated heterocycles. The van der Waals surface area contributed by atoms with Gasteiger partial charge in [-0.1, -0.05) is 13.8 Å². The zero-order chi connectivity index (χ0) is 35.1. The molecule has 2 aromatic rings. The summed E-state index contributed by atoms with van der Waals surface area (Å²) in [5, 5.41) is 14.2. The van der Waals surface area contributed by atoms with E-state index < -0.39 is 80.5 Å². The van der Waals surface area contributed by atoms with Crippen molar-refractivity contribution in [3.05, 3.63) is 6.33 Å². The summed E-state index contributed by atoms with van der Waals surface area (Å²) >= 11 is 6.26. The first-order chi connectivity index (χ1) is 21.9. The second-order valence-corrected chi connectivity index (χ2v) is 14.5. The lowest BCUT2D eigenvalue weighted by Crippen LogP contribution is -2.40. The summed E-state index contributed by atoms with van der Waals surface area (Å²) < 4.78 is 64.0. The number of nitrogens with zero attached hydrogens (tertiary/aromatic N) is 5. The predicted molar refractivity (Wildman–Crippen MR) is 166 cm³/mol. The summed E-state index contributed by atoms with van der Waals surface area (Å²) in [4.78, 5) is 39.2. The first kappa shape index (κ1) is 37.0. The summed E-state index contributed by atoms with van der Waals surface area (Å²) in [5.74, 6) is -1.13. The first-order valence-electron chi connectivity index (χ1n) is 14.9. The number of carbonyl (C=O) groups excluding carboxylic acids is 2. The Morgan fingerprint density at radius 2 is 1.87 bits per heavy atom. The monoisotopic (exact) mass is 709 g/mol.